The molecule has 1 atom stereocenters. The van der Waals surface area contributed by atoms with Crippen LogP contribution < -0.4 is 14.8 Å². The van der Waals surface area contributed by atoms with Crippen molar-refractivity contribution in [3.63, 3.8) is 0 Å². The van der Waals surface area contributed by atoms with Gasteiger partial charge in [0.05, 0.1) is 0 Å². The zero-order valence-corrected chi connectivity index (χ0v) is 13.5. The largest absolute Gasteiger partial charge is 0.490 e. The van der Waals surface area contributed by atoms with Gasteiger partial charge in [-0.05, 0) is 49.4 Å². The standard InChI is InChI=1S/C18H18ClNO3/c1-3-11-22-16-9-7-15(8-10-16)20-18(21)13(2)23-17-6-4-5-14(19)12-17/h3-10,12-13H,1,11H2,2H3,(H,20,21). The van der Waals surface area contributed by atoms with Crippen LogP contribution in [0.1, 0.15) is 6.92 Å². The Kier molecular flexibility index (Phi) is 6.06. The van der Waals surface area contributed by atoms with Crippen molar-refractivity contribution < 1.29 is 14.3 Å². The van der Waals surface area contributed by atoms with E-state index < -0.39 is 6.10 Å². The Bertz CT molecular complexity index is 670. The van der Waals surface area contributed by atoms with Gasteiger partial charge in [-0.3, -0.25) is 4.79 Å². The number of carbonyl (C=O) groups excluding carboxylic acids is 1. The van der Waals surface area contributed by atoms with E-state index in [0.29, 0.717) is 28.8 Å². The van der Waals surface area contributed by atoms with Gasteiger partial charge in [-0.2, -0.15) is 0 Å². The van der Waals surface area contributed by atoms with Crippen LogP contribution in [0, 0.1) is 0 Å². The van der Waals surface area contributed by atoms with Gasteiger partial charge in [0.2, 0.25) is 0 Å². The van der Waals surface area contributed by atoms with Crippen molar-refractivity contribution in [1.29, 1.82) is 0 Å². The molecule has 2 rings (SSSR count). The molecule has 0 aliphatic carbocycles. The normalized spacial score (nSPS) is 11.4. The van der Waals surface area contributed by atoms with Gasteiger partial charge in [-0.1, -0.05) is 30.3 Å². The van der Waals surface area contributed by atoms with Crippen LogP contribution in [0.25, 0.3) is 0 Å². The number of halogens is 1. The average Bonchev–Trinajstić information content (AvgIpc) is 2.54. The molecule has 5 heteroatoms. The first-order valence-electron chi connectivity index (χ1n) is 7.15. The molecule has 0 radical (unpaired) electrons. The zero-order valence-electron chi connectivity index (χ0n) is 12.8. The van der Waals surface area contributed by atoms with Gasteiger partial charge >= 0.3 is 0 Å². The summed E-state index contributed by atoms with van der Waals surface area (Å²) in [4.78, 5) is 12.1. The van der Waals surface area contributed by atoms with Crippen LogP contribution in [0.5, 0.6) is 11.5 Å². The molecule has 0 heterocycles. The van der Waals surface area contributed by atoms with E-state index in [1.54, 1.807) is 61.5 Å². The molecule has 1 unspecified atom stereocenters. The van der Waals surface area contributed by atoms with Gasteiger partial charge in [-0.25, -0.2) is 0 Å². The molecule has 0 aliphatic heterocycles. The fourth-order valence-corrected chi connectivity index (χ4v) is 2.01. The molecule has 0 aromatic heterocycles. The Labute approximate surface area is 140 Å². The van der Waals surface area contributed by atoms with E-state index >= 15 is 0 Å². The first-order chi connectivity index (χ1) is 11.1. The van der Waals surface area contributed by atoms with Crippen molar-refractivity contribution >= 4 is 23.2 Å². The van der Waals surface area contributed by atoms with E-state index in [-0.39, 0.29) is 5.91 Å². The molecule has 0 aliphatic rings. The molecular formula is C18H18ClNO3. The van der Waals surface area contributed by atoms with Crippen LogP contribution in [-0.2, 0) is 4.79 Å². The van der Waals surface area contributed by atoms with Crippen molar-refractivity contribution in [2.75, 3.05) is 11.9 Å². The minimum Gasteiger partial charge on any atom is -0.490 e. The van der Waals surface area contributed by atoms with Crippen LogP contribution in [0.15, 0.2) is 61.2 Å². The molecule has 0 saturated carbocycles. The van der Waals surface area contributed by atoms with Gasteiger partial charge in [0.25, 0.3) is 5.91 Å². The lowest BCUT2D eigenvalue weighted by Gasteiger charge is -2.15. The van der Waals surface area contributed by atoms with Gasteiger partial charge < -0.3 is 14.8 Å². The molecule has 0 saturated heterocycles. The number of hydrogen-bond donors (Lipinski definition) is 1. The highest BCUT2D eigenvalue weighted by Crippen LogP contribution is 2.19. The number of benzene rings is 2. The summed E-state index contributed by atoms with van der Waals surface area (Å²) in [6, 6.07) is 14.0. The molecule has 0 fully saturated rings. The molecule has 1 N–H and O–H groups in total. The highest BCUT2D eigenvalue weighted by atomic mass is 35.5. The maximum atomic E-state index is 12.1. The maximum absolute atomic E-state index is 12.1. The first-order valence-corrected chi connectivity index (χ1v) is 7.53. The summed E-state index contributed by atoms with van der Waals surface area (Å²) in [5.41, 5.74) is 0.669. The van der Waals surface area contributed by atoms with E-state index in [1.807, 2.05) is 0 Å². The molecule has 1 amide bonds. The molecule has 23 heavy (non-hydrogen) atoms. The Morgan fingerprint density at radius 2 is 2.00 bits per heavy atom. The minimum absolute atomic E-state index is 0.246. The third-order valence-corrected chi connectivity index (χ3v) is 3.20. The van der Waals surface area contributed by atoms with Crippen LogP contribution >= 0.6 is 11.6 Å². The van der Waals surface area contributed by atoms with E-state index in [2.05, 4.69) is 11.9 Å². The van der Waals surface area contributed by atoms with Crippen molar-refractivity contribution in [3.8, 4) is 11.5 Å². The van der Waals surface area contributed by atoms with Crippen molar-refractivity contribution in [3.05, 3.63) is 66.2 Å². The van der Waals surface area contributed by atoms with Crippen molar-refractivity contribution in [1.82, 2.24) is 0 Å². The monoisotopic (exact) mass is 331 g/mol. The summed E-state index contributed by atoms with van der Waals surface area (Å²) in [5, 5.41) is 3.35. The highest BCUT2D eigenvalue weighted by molar-refractivity contribution is 6.30. The lowest BCUT2D eigenvalue weighted by Crippen LogP contribution is -2.30. The number of ether oxygens (including phenoxy) is 2. The molecular weight excluding hydrogens is 314 g/mol. The van der Waals surface area contributed by atoms with Crippen LogP contribution in [0.3, 0.4) is 0 Å². The van der Waals surface area contributed by atoms with Gasteiger partial charge in [0.1, 0.15) is 18.1 Å². The van der Waals surface area contributed by atoms with Crippen LogP contribution in [-0.4, -0.2) is 18.6 Å². The van der Waals surface area contributed by atoms with E-state index in [1.165, 1.54) is 0 Å². The van der Waals surface area contributed by atoms with Crippen molar-refractivity contribution in [2.24, 2.45) is 0 Å². The predicted molar refractivity (Wildman–Crippen MR) is 92.3 cm³/mol. The fourth-order valence-electron chi connectivity index (χ4n) is 1.83. The van der Waals surface area contributed by atoms with Crippen LogP contribution in [0.4, 0.5) is 5.69 Å². The SMILES string of the molecule is C=CCOc1ccc(NC(=O)C(C)Oc2cccc(Cl)c2)cc1. The number of rotatable bonds is 7. The topological polar surface area (TPSA) is 47.6 Å². The number of hydrogen-bond acceptors (Lipinski definition) is 3. The number of amides is 1. The molecule has 0 spiro atoms. The lowest BCUT2D eigenvalue weighted by atomic mass is 10.2. The quantitative estimate of drug-likeness (QED) is 0.769. The van der Waals surface area contributed by atoms with Crippen LogP contribution in [0.2, 0.25) is 5.02 Å². The third kappa shape index (κ3) is 5.34. The second-order valence-corrected chi connectivity index (χ2v) is 5.27. The number of nitrogens with one attached hydrogen (secondary N) is 1. The summed E-state index contributed by atoms with van der Waals surface area (Å²) >= 11 is 5.89. The second-order valence-electron chi connectivity index (χ2n) is 4.83. The summed E-state index contributed by atoms with van der Waals surface area (Å²) in [6.07, 6.45) is 1.02. The minimum atomic E-state index is -0.648. The Hall–Kier alpha value is -2.46. The first kappa shape index (κ1) is 16.9. The summed E-state index contributed by atoms with van der Waals surface area (Å²) in [6.45, 7) is 5.71. The van der Waals surface area contributed by atoms with E-state index in [4.69, 9.17) is 21.1 Å². The van der Waals surface area contributed by atoms with Gasteiger partial charge in [0, 0.05) is 10.7 Å². The molecule has 4 nitrogen and oxygen atoms in total. The van der Waals surface area contributed by atoms with Crippen molar-refractivity contribution in [2.45, 2.75) is 13.0 Å². The molecule has 2 aromatic carbocycles. The Morgan fingerprint density at radius 3 is 2.65 bits per heavy atom. The summed E-state index contributed by atoms with van der Waals surface area (Å²) in [5.74, 6) is 1.02. The molecule has 2 aromatic rings. The summed E-state index contributed by atoms with van der Waals surface area (Å²) in [7, 11) is 0. The summed E-state index contributed by atoms with van der Waals surface area (Å²) < 4.78 is 11.0. The highest BCUT2D eigenvalue weighted by Gasteiger charge is 2.15. The van der Waals surface area contributed by atoms with Gasteiger partial charge in [-0.15, -0.1) is 0 Å². The molecule has 120 valence electrons. The lowest BCUT2D eigenvalue weighted by molar-refractivity contribution is -0.122. The smallest absolute Gasteiger partial charge is 0.265 e. The zero-order chi connectivity index (χ0) is 16.7. The number of carbonyl (C=O) groups is 1. The predicted octanol–water partition coefficient (Wildman–Crippen LogP) is 4.31. The third-order valence-electron chi connectivity index (χ3n) is 2.97. The molecule has 0 bridgehead atoms. The second kappa shape index (κ2) is 8.25. The maximum Gasteiger partial charge on any atom is 0.265 e. The average molecular weight is 332 g/mol. The Morgan fingerprint density at radius 1 is 1.26 bits per heavy atom. The fraction of sp³-hybridized carbons (Fsp3) is 0.167. The van der Waals surface area contributed by atoms with E-state index in [0.717, 1.165) is 0 Å². The Balaban J connectivity index is 1.91. The van der Waals surface area contributed by atoms with E-state index in [9.17, 15) is 4.79 Å². The number of anilines is 1. The van der Waals surface area contributed by atoms with Gasteiger partial charge in [0.15, 0.2) is 6.10 Å².